The summed E-state index contributed by atoms with van der Waals surface area (Å²) in [5.74, 6) is 0.833. The molecule has 0 radical (unpaired) electrons. The Morgan fingerprint density at radius 2 is 2.04 bits per heavy atom. The van der Waals surface area contributed by atoms with Gasteiger partial charge in [0, 0.05) is 19.3 Å². The van der Waals surface area contributed by atoms with Crippen LogP contribution in [0.2, 0.25) is 0 Å². The van der Waals surface area contributed by atoms with Gasteiger partial charge in [0.1, 0.15) is 11.6 Å². The lowest BCUT2D eigenvalue weighted by Gasteiger charge is -2.26. The van der Waals surface area contributed by atoms with Gasteiger partial charge in [-0.3, -0.25) is 0 Å². The van der Waals surface area contributed by atoms with Crippen molar-refractivity contribution in [2.24, 2.45) is 5.16 Å². The lowest BCUT2D eigenvalue weighted by Crippen LogP contribution is -2.34. The maximum atomic E-state index is 13.0. The predicted octanol–water partition coefficient (Wildman–Crippen LogP) is 3.41. The molecule has 0 fully saturated rings. The molecule has 2 aromatic rings. The molecule has 1 aliphatic heterocycles. The molecule has 0 saturated heterocycles. The van der Waals surface area contributed by atoms with Gasteiger partial charge in [0.25, 0.3) is 0 Å². The molecule has 1 aromatic carbocycles. The summed E-state index contributed by atoms with van der Waals surface area (Å²) in [5.41, 5.74) is 0.578. The fourth-order valence-corrected chi connectivity index (χ4v) is 2.38. The summed E-state index contributed by atoms with van der Waals surface area (Å²) in [7, 11) is 0. The Bertz CT molecular complexity index is 729. The van der Waals surface area contributed by atoms with Crippen LogP contribution in [0.25, 0.3) is 0 Å². The molecule has 6 heteroatoms. The molecule has 2 heterocycles. The van der Waals surface area contributed by atoms with Gasteiger partial charge in [-0.2, -0.15) is 0 Å². The monoisotopic (exact) mass is 313 g/mol. The first-order valence-electron chi connectivity index (χ1n) is 7.29. The quantitative estimate of drug-likeness (QED) is 0.310. The Labute approximate surface area is 133 Å². The van der Waals surface area contributed by atoms with Crippen LogP contribution < -0.4 is 4.74 Å². The van der Waals surface area contributed by atoms with Gasteiger partial charge in [-0.25, -0.2) is 9.37 Å². The Kier molecular flexibility index (Phi) is 4.52. The van der Waals surface area contributed by atoms with Gasteiger partial charge in [-0.05, 0) is 42.8 Å². The topological polar surface area (TPSA) is 58.0 Å². The molecular formula is C17H16FN3O2. The highest BCUT2D eigenvalue weighted by molar-refractivity contribution is 6.00. The van der Waals surface area contributed by atoms with Crippen LogP contribution in [-0.4, -0.2) is 34.0 Å². The van der Waals surface area contributed by atoms with E-state index in [-0.39, 0.29) is 5.82 Å². The highest BCUT2D eigenvalue weighted by Gasteiger charge is 2.20. The third-order valence-electron chi connectivity index (χ3n) is 3.49. The van der Waals surface area contributed by atoms with E-state index < -0.39 is 0 Å². The number of ether oxygens (including phenoxy) is 1. The van der Waals surface area contributed by atoms with Gasteiger partial charge >= 0.3 is 0 Å². The first kappa shape index (κ1) is 15.0. The highest BCUT2D eigenvalue weighted by atomic mass is 19.1. The summed E-state index contributed by atoms with van der Waals surface area (Å²) in [5, 5.41) is 12.9. The first-order chi connectivity index (χ1) is 11.3. The summed E-state index contributed by atoms with van der Waals surface area (Å²) in [4.78, 5) is 6.15. The maximum Gasteiger partial charge on any atom is 0.230 e. The molecule has 23 heavy (non-hydrogen) atoms. The van der Waals surface area contributed by atoms with E-state index in [1.165, 1.54) is 24.3 Å². The van der Waals surface area contributed by atoms with Crippen LogP contribution in [0, 0.1) is 5.82 Å². The normalized spacial score (nSPS) is 14.8. The molecule has 0 bridgehead atoms. The zero-order chi connectivity index (χ0) is 16.1. The van der Waals surface area contributed by atoms with Crippen LogP contribution in [0.4, 0.5) is 4.39 Å². The van der Waals surface area contributed by atoms with Crippen LogP contribution >= 0.6 is 0 Å². The predicted molar refractivity (Wildman–Crippen MR) is 84.4 cm³/mol. The molecule has 0 amide bonds. The van der Waals surface area contributed by atoms with Gasteiger partial charge in [-0.1, -0.05) is 17.3 Å². The molecule has 0 saturated carbocycles. The van der Waals surface area contributed by atoms with Gasteiger partial charge in [-0.15, -0.1) is 0 Å². The molecule has 1 aromatic heterocycles. The van der Waals surface area contributed by atoms with Gasteiger partial charge in [0.2, 0.25) is 5.88 Å². The minimum Gasteiger partial charge on any atom is -0.438 e. The van der Waals surface area contributed by atoms with E-state index in [1.54, 1.807) is 18.3 Å². The third kappa shape index (κ3) is 3.48. The van der Waals surface area contributed by atoms with Crippen molar-refractivity contribution >= 4 is 5.84 Å². The van der Waals surface area contributed by atoms with Gasteiger partial charge in [0.05, 0.1) is 5.56 Å². The minimum atomic E-state index is -0.337. The van der Waals surface area contributed by atoms with Crippen LogP contribution in [0.1, 0.15) is 12.0 Å². The number of hydrogen-bond acceptors (Lipinski definition) is 4. The van der Waals surface area contributed by atoms with Crippen molar-refractivity contribution in [3.05, 3.63) is 66.1 Å². The third-order valence-corrected chi connectivity index (χ3v) is 3.49. The molecule has 0 unspecified atom stereocenters. The average molecular weight is 313 g/mol. The van der Waals surface area contributed by atoms with Crippen LogP contribution in [0.5, 0.6) is 11.6 Å². The molecule has 1 aliphatic rings. The zero-order valence-electron chi connectivity index (χ0n) is 12.4. The number of pyridine rings is 1. The number of halogens is 1. The van der Waals surface area contributed by atoms with E-state index in [1.807, 2.05) is 11.0 Å². The van der Waals surface area contributed by atoms with E-state index in [2.05, 4.69) is 16.2 Å². The van der Waals surface area contributed by atoms with E-state index in [0.29, 0.717) is 29.6 Å². The Hall–Kier alpha value is -2.89. The van der Waals surface area contributed by atoms with Crippen molar-refractivity contribution in [2.75, 3.05) is 13.1 Å². The number of oxime groups is 1. The van der Waals surface area contributed by atoms with E-state index in [4.69, 9.17) is 4.74 Å². The standard InChI is InChI=1S/C17H16FN3O2/c18-13-6-8-14(9-7-13)23-17-15(5-4-10-19-17)16(20-22)21-11-2-1-3-12-21/h1-2,4-10,22H,3,11-12H2/b20-16-. The van der Waals surface area contributed by atoms with Crippen LogP contribution in [0.15, 0.2) is 59.9 Å². The van der Waals surface area contributed by atoms with E-state index in [0.717, 1.165) is 13.0 Å². The molecule has 0 spiro atoms. The lowest BCUT2D eigenvalue weighted by atomic mass is 10.2. The summed E-state index contributed by atoms with van der Waals surface area (Å²) in [6, 6.07) is 9.19. The number of rotatable bonds is 3. The SMILES string of the molecule is O/N=C(/c1cccnc1Oc1ccc(F)cc1)N1CC=CCC1. The smallest absolute Gasteiger partial charge is 0.230 e. The minimum absolute atomic E-state index is 0.307. The van der Waals surface area contributed by atoms with Gasteiger partial charge in [0.15, 0.2) is 5.84 Å². The second kappa shape index (κ2) is 6.91. The largest absolute Gasteiger partial charge is 0.438 e. The average Bonchev–Trinajstić information content (AvgIpc) is 2.60. The second-order valence-corrected chi connectivity index (χ2v) is 5.04. The maximum absolute atomic E-state index is 13.0. The Balaban J connectivity index is 1.90. The van der Waals surface area contributed by atoms with E-state index >= 15 is 0 Å². The molecule has 0 aliphatic carbocycles. The second-order valence-electron chi connectivity index (χ2n) is 5.04. The molecular weight excluding hydrogens is 297 g/mol. The van der Waals surface area contributed by atoms with Crippen molar-refractivity contribution in [3.63, 3.8) is 0 Å². The lowest BCUT2D eigenvalue weighted by molar-refractivity contribution is 0.302. The van der Waals surface area contributed by atoms with Crippen molar-refractivity contribution in [1.29, 1.82) is 0 Å². The summed E-state index contributed by atoms with van der Waals surface area (Å²) >= 11 is 0. The summed E-state index contributed by atoms with van der Waals surface area (Å²) in [6.45, 7) is 1.41. The molecule has 5 nitrogen and oxygen atoms in total. The number of nitrogens with zero attached hydrogens (tertiary/aromatic N) is 3. The Morgan fingerprint density at radius 3 is 2.74 bits per heavy atom. The van der Waals surface area contributed by atoms with Crippen LogP contribution in [0.3, 0.4) is 0 Å². The molecule has 0 atom stereocenters. The van der Waals surface area contributed by atoms with Crippen molar-refractivity contribution < 1.29 is 14.3 Å². The summed E-state index contributed by atoms with van der Waals surface area (Å²) in [6.07, 6.45) is 6.58. The zero-order valence-corrected chi connectivity index (χ0v) is 12.4. The van der Waals surface area contributed by atoms with Crippen LogP contribution in [-0.2, 0) is 0 Å². The summed E-state index contributed by atoms with van der Waals surface area (Å²) < 4.78 is 18.7. The number of aromatic nitrogens is 1. The molecule has 118 valence electrons. The number of hydrogen-bond donors (Lipinski definition) is 1. The molecule has 1 N–H and O–H groups in total. The highest BCUT2D eigenvalue weighted by Crippen LogP contribution is 2.25. The molecule has 3 rings (SSSR count). The van der Waals surface area contributed by atoms with E-state index in [9.17, 15) is 9.60 Å². The van der Waals surface area contributed by atoms with Gasteiger partial charge < -0.3 is 14.8 Å². The number of amidine groups is 1. The van der Waals surface area contributed by atoms with Crippen molar-refractivity contribution in [3.8, 4) is 11.6 Å². The van der Waals surface area contributed by atoms with Crippen molar-refractivity contribution in [1.82, 2.24) is 9.88 Å². The first-order valence-corrected chi connectivity index (χ1v) is 7.29. The fourth-order valence-electron chi connectivity index (χ4n) is 2.38. The van der Waals surface area contributed by atoms with Crippen molar-refractivity contribution in [2.45, 2.75) is 6.42 Å². The Morgan fingerprint density at radius 1 is 1.22 bits per heavy atom. The fraction of sp³-hybridized carbons (Fsp3) is 0.176. The number of benzene rings is 1.